The number of rotatable bonds is 4. The number of fused-ring (bicyclic) bond motifs is 4. The molecule has 46 heavy (non-hydrogen) atoms. The molecular weight excluding hydrogens is 695 g/mol. The van der Waals surface area contributed by atoms with E-state index in [2.05, 4.69) is 158 Å². The molecule has 0 bridgehead atoms. The van der Waals surface area contributed by atoms with Crippen LogP contribution in [0, 0.1) is 0 Å². The molecule has 0 spiro atoms. The van der Waals surface area contributed by atoms with E-state index < -0.39 is 27.4 Å². The van der Waals surface area contributed by atoms with Gasteiger partial charge in [0.25, 0.3) is 0 Å². The van der Waals surface area contributed by atoms with E-state index in [1.807, 2.05) is 0 Å². The molecule has 1 aliphatic heterocycles. The molecule has 5 aromatic rings. The summed E-state index contributed by atoms with van der Waals surface area (Å²) in [5, 5.41) is 2.97. The fourth-order valence-electron chi connectivity index (χ4n) is 7.51. The summed E-state index contributed by atoms with van der Waals surface area (Å²) in [4.78, 5) is 0. The average molecular weight is 737 g/mol. The second-order valence-electron chi connectivity index (χ2n) is 15.3. The van der Waals surface area contributed by atoms with Gasteiger partial charge in [0.15, 0.2) is 0 Å². The predicted molar refractivity (Wildman–Crippen MR) is 202 cm³/mol. The summed E-state index contributed by atoms with van der Waals surface area (Å²) in [7, 11) is 15.1. The standard InChI is InChI=1S/C30H33.C12H9Si.2ClH.Zr/c1-20-15-22-13-14-26(21-11-9-8-10-12-21)28(27(22)16-20)23-17-24(29(2,3)4)19-25(18-23)30(5,6)7;1-3-7-11-9(5-1)10-6-2-4-8-12(10)13-11;;;/h8-19H,1-7H3;1-7H,13H2;2*1H;/q;;;;+2/p-2. The first-order valence-electron chi connectivity index (χ1n) is 16.4. The van der Waals surface area contributed by atoms with Crippen LogP contribution in [0.4, 0.5) is 0 Å². The van der Waals surface area contributed by atoms with Gasteiger partial charge in [-0.1, -0.05) is 0 Å². The monoisotopic (exact) mass is 734 g/mol. The average Bonchev–Trinajstić information content (AvgIpc) is 3.57. The topological polar surface area (TPSA) is 0 Å². The number of hydrogen-bond acceptors (Lipinski definition) is 0. The van der Waals surface area contributed by atoms with Crippen LogP contribution in [-0.2, 0) is 28.7 Å². The van der Waals surface area contributed by atoms with Crippen LogP contribution in [0.2, 0.25) is 0 Å². The van der Waals surface area contributed by atoms with Crippen LogP contribution < -0.4 is 13.6 Å². The Kier molecular flexibility index (Phi) is 8.09. The SMILES string of the molecule is CC1=Cc2c(ccc(-c3ccccc3)c2-c2cc(C(C)(C)C)cc(C(C)(C)C)c2)[CH]1[Zr]([Cl])([Cl])[c]1cccc2c1[SiH2]c1ccccc1-2. The molecule has 1 atom stereocenters. The maximum absolute atomic E-state index is 7.90. The Morgan fingerprint density at radius 2 is 1.26 bits per heavy atom. The molecule has 0 amide bonds. The number of hydrogen-bond donors (Lipinski definition) is 0. The molecule has 0 fully saturated rings. The van der Waals surface area contributed by atoms with Gasteiger partial charge in [0.1, 0.15) is 0 Å². The molecule has 5 aromatic carbocycles. The normalized spacial score (nSPS) is 16.3. The first-order valence-corrected chi connectivity index (χ1v) is 26.8. The molecule has 1 heterocycles. The summed E-state index contributed by atoms with van der Waals surface area (Å²) in [5.74, 6) is 0. The molecule has 2 aliphatic rings. The van der Waals surface area contributed by atoms with Crippen LogP contribution in [0.25, 0.3) is 39.5 Å². The van der Waals surface area contributed by atoms with Crippen LogP contribution in [0.3, 0.4) is 0 Å². The molecular formula is C42H42Cl2SiZr. The third kappa shape index (κ3) is 5.48. The van der Waals surface area contributed by atoms with Crippen molar-refractivity contribution in [3.05, 3.63) is 131 Å². The maximum atomic E-state index is 7.90. The molecule has 0 saturated heterocycles. The summed E-state index contributed by atoms with van der Waals surface area (Å²) < 4.78 is 1.33. The number of benzene rings is 5. The fraction of sp³-hybridized carbons (Fsp3) is 0.238. The van der Waals surface area contributed by atoms with Gasteiger partial charge < -0.3 is 0 Å². The van der Waals surface area contributed by atoms with Crippen molar-refractivity contribution < 1.29 is 17.9 Å². The van der Waals surface area contributed by atoms with Crippen molar-refractivity contribution in [3.63, 3.8) is 0 Å². The first kappa shape index (κ1) is 32.1. The molecule has 0 saturated carbocycles. The van der Waals surface area contributed by atoms with Crippen LogP contribution in [-0.4, -0.2) is 9.52 Å². The van der Waals surface area contributed by atoms with Gasteiger partial charge in [-0.25, -0.2) is 0 Å². The van der Waals surface area contributed by atoms with Crippen molar-refractivity contribution in [2.45, 2.75) is 62.9 Å². The van der Waals surface area contributed by atoms with Crippen molar-refractivity contribution in [2.24, 2.45) is 0 Å². The third-order valence-corrected chi connectivity index (χ3v) is 24.6. The Morgan fingerprint density at radius 3 is 1.93 bits per heavy atom. The van der Waals surface area contributed by atoms with Crippen molar-refractivity contribution in [2.75, 3.05) is 0 Å². The van der Waals surface area contributed by atoms with Gasteiger partial charge in [-0.15, -0.1) is 0 Å². The molecule has 0 radical (unpaired) electrons. The van der Waals surface area contributed by atoms with Crippen molar-refractivity contribution >= 4 is 46.3 Å². The summed E-state index contributed by atoms with van der Waals surface area (Å²) in [6.07, 6.45) is 2.41. The molecule has 1 unspecified atom stereocenters. The van der Waals surface area contributed by atoms with Crippen LogP contribution in [0.1, 0.15) is 74.3 Å². The zero-order chi connectivity index (χ0) is 32.6. The molecule has 0 aromatic heterocycles. The minimum atomic E-state index is -4.04. The predicted octanol–water partition coefficient (Wildman–Crippen LogP) is 9.96. The van der Waals surface area contributed by atoms with E-state index in [9.17, 15) is 0 Å². The van der Waals surface area contributed by atoms with Gasteiger partial charge in [-0.3, -0.25) is 0 Å². The second-order valence-corrected chi connectivity index (χ2v) is 31.1. The molecule has 0 N–H and O–H groups in total. The quantitative estimate of drug-likeness (QED) is 0.158. The van der Waals surface area contributed by atoms with E-state index in [0.717, 1.165) is 0 Å². The summed E-state index contributed by atoms with van der Waals surface area (Å²) in [6.45, 7) is 16.2. The Balaban J connectivity index is 1.45. The van der Waals surface area contributed by atoms with Crippen LogP contribution in [0.5, 0.6) is 0 Å². The Labute approximate surface area is 289 Å². The van der Waals surface area contributed by atoms with E-state index in [4.69, 9.17) is 17.0 Å². The van der Waals surface area contributed by atoms with E-state index in [1.165, 1.54) is 74.9 Å². The van der Waals surface area contributed by atoms with E-state index >= 15 is 0 Å². The van der Waals surface area contributed by atoms with Crippen molar-refractivity contribution in [1.29, 1.82) is 0 Å². The van der Waals surface area contributed by atoms with Gasteiger partial charge in [-0.2, -0.15) is 0 Å². The molecule has 4 heteroatoms. The van der Waals surface area contributed by atoms with Gasteiger partial charge in [0.2, 0.25) is 0 Å². The van der Waals surface area contributed by atoms with E-state index in [1.54, 1.807) is 0 Å². The van der Waals surface area contributed by atoms with Gasteiger partial charge in [-0.05, 0) is 0 Å². The Hall–Kier alpha value is -2.48. The summed E-state index contributed by atoms with van der Waals surface area (Å²) in [6, 6.07) is 38.4. The van der Waals surface area contributed by atoms with Crippen molar-refractivity contribution in [3.8, 4) is 33.4 Å². The van der Waals surface area contributed by atoms with E-state index in [0.29, 0.717) is 0 Å². The molecule has 1 aliphatic carbocycles. The Bertz CT molecular complexity index is 1990. The first-order chi connectivity index (χ1) is 21.7. The third-order valence-electron chi connectivity index (χ3n) is 10.0. The van der Waals surface area contributed by atoms with Gasteiger partial charge in [0, 0.05) is 0 Å². The fourth-order valence-corrected chi connectivity index (χ4v) is 24.7. The van der Waals surface area contributed by atoms with Crippen LogP contribution >= 0.6 is 17.0 Å². The molecule has 7 rings (SSSR count). The van der Waals surface area contributed by atoms with Gasteiger partial charge >= 0.3 is 291 Å². The number of halogens is 2. The summed E-state index contributed by atoms with van der Waals surface area (Å²) >= 11 is -4.04. The second kappa shape index (κ2) is 11.6. The number of allylic oxidation sites excluding steroid dienone is 1. The zero-order valence-corrected chi connectivity index (χ0v) is 33.3. The Morgan fingerprint density at radius 1 is 0.630 bits per heavy atom. The molecule has 232 valence electrons. The zero-order valence-electron chi connectivity index (χ0n) is 27.9. The van der Waals surface area contributed by atoms with E-state index in [-0.39, 0.29) is 14.5 Å². The van der Waals surface area contributed by atoms with Crippen LogP contribution in [0.15, 0.2) is 109 Å². The summed E-state index contributed by atoms with van der Waals surface area (Å²) in [5.41, 5.74) is 14.4. The minimum absolute atomic E-state index is 0.0161. The van der Waals surface area contributed by atoms with Gasteiger partial charge in [0.05, 0.1) is 0 Å². The van der Waals surface area contributed by atoms with Crippen molar-refractivity contribution in [1.82, 2.24) is 0 Å². The molecule has 0 nitrogen and oxygen atoms in total.